The Morgan fingerprint density at radius 1 is 0.824 bits per heavy atom. The molecule has 17 heavy (non-hydrogen) atoms. The van der Waals surface area contributed by atoms with Gasteiger partial charge in [0.25, 0.3) is 0 Å². The van der Waals surface area contributed by atoms with Gasteiger partial charge in [-0.25, -0.2) is 0 Å². The Morgan fingerprint density at radius 3 is 2.06 bits per heavy atom. The van der Waals surface area contributed by atoms with Crippen molar-refractivity contribution in [2.45, 2.75) is 0 Å². The van der Waals surface area contributed by atoms with E-state index in [1.54, 1.807) is 0 Å². The molecule has 0 saturated carbocycles. The summed E-state index contributed by atoms with van der Waals surface area (Å²) in [6.45, 7) is 0. The van der Waals surface area contributed by atoms with Crippen molar-refractivity contribution in [3.63, 3.8) is 0 Å². The molecule has 0 nitrogen and oxygen atoms in total. The molecule has 0 fully saturated rings. The van der Waals surface area contributed by atoms with Crippen molar-refractivity contribution in [2.24, 2.45) is 0 Å². The summed E-state index contributed by atoms with van der Waals surface area (Å²) in [5.74, 6) is 0. The maximum atomic E-state index is 5.82. The van der Waals surface area contributed by atoms with Crippen LogP contribution in [-0.4, -0.2) is 0 Å². The lowest BCUT2D eigenvalue weighted by Crippen LogP contribution is -1.77. The minimum atomic E-state index is 0.763. The summed E-state index contributed by atoms with van der Waals surface area (Å²) < 4.78 is 1.09. The Bertz CT molecular complexity index is 497. The highest BCUT2D eigenvalue weighted by Crippen LogP contribution is 2.14. The van der Waals surface area contributed by atoms with E-state index in [1.807, 2.05) is 42.5 Å². The Labute approximate surface area is 115 Å². The predicted octanol–water partition coefficient (Wildman–Crippen LogP) is 5.37. The number of allylic oxidation sites excluding steroid dienone is 1. The van der Waals surface area contributed by atoms with Gasteiger partial charge in [-0.2, -0.15) is 0 Å². The maximum absolute atomic E-state index is 5.82. The summed E-state index contributed by atoms with van der Waals surface area (Å²) in [4.78, 5) is 0. The molecule has 0 unspecified atom stereocenters. The number of benzene rings is 2. The van der Waals surface area contributed by atoms with Crippen molar-refractivity contribution < 1.29 is 0 Å². The Morgan fingerprint density at radius 2 is 1.41 bits per heavy atom. The van der Waals surface area contributed by atoms with Gasteiger partial charge in [-0.05, 0) is 35.4 Å². The van der Waals surface area contributed by atoms with Crippen molar-refractivity contribution >= 4 is 33.6 Å². The van der Waals surface area contributed by atoms with E-state index >= 15 is 0 Å². The van der Waals surface area contributed by atoms with Gasteiger partial charge in [0, 0.05) is 15.9 Å². The Hall–Kier alpha value is -1.05. The molecule has 1 radical (unpaired) electrons. The van der Waals surface area contributed by atoms with Crippen LogP contribution in [-0.2, 0) is 0 Å². The third-order valence-corrected chi connectivity index (χ3v) is 3.10. The average molecular weight is 307 g/mol. The minimum absolute atomic E-state index is 0.763. The third kappa shape index (κ3) is 4.03. The summed E-state index contributed by atoms with van der Waals surface area (Å²) in [6.07, 6.45) is 6.16. The van der Waals surface area contributed by atoms with Crippen molar-refractivity contribution in [3.05, 3.63) is 81.7 Å². The number of hydrogen-bond donors (Lipinski definition) is 0. The van der Waals surface area contributed by atoms with Crippen LogP contribution in [0.2, 0.25) is 5.02 Å². The SMILES string of the molecule is Clc1ccc(/C=C/[CH]c2ccc(Br)cc2)cc1. The molecule has 0 aliphatic heterocycles. The van der Waals surface area contributed by atoms with Crippen LogP contribution in [0.3, 0.4) is 0 Å². The fraction of sp³-hybridized carbons (Fsp3) is 0. The first-order chi connectivity index (χ1) is 8.24. The second kappa shape index (κ2) is 6.04. The maximum Gasteiger partial charge on any atom is 0.0406 e. The van der Waals surface area contributed by atoms with Crippen molar-refractivity contribution in [2.75, 3.05) is 0 Å². The van der Waals surface area contributed by atoms with E-state index in [-0.39, 0.29) is 0 Å². The third-order valence-electron chi connectivity index (χ3n) is 2.32. The van der Waals surface area contributed by atoms with Gasteiger partial charge in [-0.1, -0.05) is 63.9 Å². The molecule has 2 rings (SSSR count). The second-order valence-electron chi connectivity index (χ2n) is 3.63. The van der Waals surface area contributed by atoms with Crippen molar-refractivity contribution in [1.29, 1.82) is 0 Å². The topological polar surface area (TPSA) is 0 Å². The summed E-state index contributed by atoms with van der Waals surface area (Å²) in [7, 11) is 0. The molecule has 0 N–H and O–H groups in total. The summed E-state index contributed by atoms with van der Waals surface area (Å²) in [5.41, 5.74) is 2.32. The Balaban J connectivity index is 1.97. The standard InChI is InChI=1S/C15H11BrCl/c16-14-8-4-12(5-9-14)2-1-3-13-6-10-15(17)11-7-13/h1-11H/b3-1+. The van der Waals surface area contributed by atoms with Crippen LogP contribution in [0, 0.1) is 6.42 Å². The van der Waals surface area contributed by atoms with Gasteiger partial charge in [0.1, 0.15) is 0 Å². The number of rotatable bonds is 3. The minimum Gasteiger partial charge on any atom is -0.0843 e. The van der Waals surface area contributed by atoms with Gasteiger partial charge in [-0.3, -0.25) is 0 Å². The summed E-state index contributed by atoms with van der Waals surface area (Å²) in [5, 5.41) is 0.763. The molecule has 0 amide bonds. The quantitative estimate of drug-likeness (QED) is 0.715. The van der Waals surface area contributed by atoms with E-state index in [2.05, 4.69) is 40.6 Å². The molecule has 0 aromatic heterocycles. The second-order valence-corrected chi connectivity index (χ2v) is 4.98. The zero-order chi connectivity index (χ0) is 12.1. The zero-order valence-electron chi connectivity index (χ0n) is 9.11. The largest absolute Gasteiger partial charge is 0.0843 e. The normalized spacial score (nSPS) is 10.9. The lowest BCUT2D eigenvalue weighted by atomic mass is 10.1. The highest BCUT2D eigenvalue weighted by Gasteiger charge is 1.91. The monoisotopic (exact) mass is 305 g/mol. The molecule has 2 aromatic carbocycles. The van der Waals surface area contributed by atoms with Crippen LogP contribution in [0.15, 0.2) is 59.1 Å². The van der Waals surface area contributed by atoms with E-state index in [0.717, 1.165) is 15.1 Å². The van der Waals surface area contributed by atoms with Crippen LogP contribution in [0.5, 0.6) is 0 Å². The molecule has 0 saturated heterocycles. The molecule has 0 aliphatic carbocycles. The van der Waals surface area contributed by atoms with E-state index in [4.69, 9.17) is 11.6 Å². The Kier molecular flexibility index (Phi) is 4.41. The van der Waals surface area contributed by atoms with E-state index in [9.17, 15) is 0 Å². The van der Waals surface area contributed by atoms with Gasteiger partial charge in [0.2, 0.25) is 0 Å². The van der Waals surface area contributed by atoms with Crippen LogP contribution >= 0.6 is 27.5 Å². The van der Waals surface area contributed by atoms with Gasteiger partial charge in [-0.15, -0.1) is 0 Å². The van der Waals surface area contributed by atoms with E-state index in [0.29, 0.717) is 0 Å². The molecule has 85 valence electrons. The fourth-order valence-electron chi connectivity index (χ4n) is 1.42. The molecule has 0 aliphatic rings. The lowest BCUT2D eigenvalue weighted by Gasteiger charge is -1.96. The van der Waals surface area contributed by atoms with Gasteiger partial charge >= 0.3 is 0 Å². The smallest absolute Gasteiger partial charge is 0.0406 e. The van der Waals surface area contributed by atoms with Crippen molar-refractivity contribution in [1.82, 2.24) is 0 Å². The highest BCUT2D eigenvalue weighted by molar-refractivity contribution is 9.10. The zero-order valence-corrected chi connectivity index (χ0v) is 11.4. The first-order valence-corrected chi connectivity index (χ1v) is 6.44. The van der Waals surface area contributed by atoms with E-state index in [1.165, 1.54) is 5.56 Å². The van der Waals surface area contributed by atoms with Crippen molar-refractivity contribution in [3.8, 4) is 0 Å². The van der Waals surface area contributed by atoms with Crippen LogP contribution < -0.4 is 0 Å². The molecule has 0 bridgehead atoms. The molecule has 0 spiro atoms. The first kappa shape index (κ1) is 12.4. The molecule has 2 heteroatoms. The average Bonchev–Trinajstić information content (AvgIpc) is 2.34. The number of halogens is 2. The van der Waals surface area contributed by atoms with Gasteiger partial charge < -0.3 is 0 Å². The van der Waals surface area contributed by atoms with Crippen LogP contribution in [0.4, 0.5) is 0 Å². The lowest BCUT2D eigenvalue weighted by molar-refractivity contribution is 1.50. The predicted molar refractivity (Wildman–Crippen MR) is 78.0 cm³/mol. The molecule has 2 aromatic rings. The van der Waals surface area contributed by atoms with Crippen LogP contribution in [0.25, 0.3) is 6.08 Å². The molecular formula is C15H11BrCl. The molecular weight excluding hydrogens is 296 g/mol. The van der Waals surface area contributed by atoms with Gasteiger partial charge in [0.15, 0.2) is 0 Å². The molecule has 0 atom stereocenters. The number of hydrogen-bond acceptors (Lipinski definition) is 0. The van der Waals surface area contributed by atoms with Gasteiger partial charge in [0.05, 0.1) is 0 Å². The summed E-state index contributed by atoms with van der Waals surface area (Å²) >= 11 is 9.23. The fourth-order valence-corrected chi connectivity index (χ4v) is 1.81. The van der Waals surface area contributed by atoms with E-state index < -0.39 is 0 Å². The molecule has 0 heterocycles. The first-order valence-electron chi connectivity index (χ1n) is 5.26. The van der Waals surface area contributed by atoms with Crippen LogP contribution in [0.1, 0.15) is 11.1 Å². The summed E-state index contributed by atoms with van der Waals surface area (Å²) in [6, 6.07) is 16.0. The highest BCUT2D eigenvalue weighted by atomic mass is 79.9.